The first-order chi connectivity index (χ1) is 6.74. The average molecular weight is 196 g/mol. The first-order valence-corrected chi connectivity index (χ1v) is 4.78. The van der Waals surface area contributed by atoms with Gasteiger partial charge < -0.3 is 10.6 Å². The molecule has 0 aromatic heterocycles. The van der Waals surface area contributed by atoms with Crippen LogP contribution in [0.3, 0.4) is 0 Å². The second-order valence-corrected chi connectivity index (χ2v) is 3.49. The maximum atomic E-state index is 11.3. The Balaban J connectivity index is 2.09. The fraction of sp³-hybridized carbons (Fsp3) is 0.778. The van der Waals surface area contributed by atoms with Crippen LogP contribution in [-0.2, 0) is 4.79 Å². The average Bonchev–Trinajstić information content (AvgIpc) is 2.00. The summed E-state index contributed by atoms with van der Waals surface area (Å²) in [6, 6.07) is 2.47. The van der Waals surface area contributed by atoms with Crippen molar-refractivity contribution in [2.24, 2.45) is 0 Å². The minimum atomic E-state index is -0.00495. The minimum absolute atomic E-state index is 0.00495. The quantitative estimate of drug-likeness (QED) is 0.549. The van der Waals surface area contributed by atoms with Crippen LogP contribution in [0.1, 0.15) is 6.42 Å². The molecule has 5 nitrogen and oxygen atoms in total. The topological polar surface area (TPSA) is 68.2 Å². The molecule has 0 radical (unpaired) electrons. The Morgan fingerprint density at radius 3 is 2.93 bits per heavy atom. The Bertz CT molecular complexity index is 231. The molecule has 5 heteroatoms. The molecule has 0 spiro atoms. The van der Waals surface area contributed by atoms with Gasteiger partial charge in [-0.2, -0.15) is 5.26 Å². The second-order valence-electron chi connectivity index (χ2n) is 3.49. The smallest absolute Gasteiger partial charge is 0.234 e. The summed E-state index contributed by atoms with van der Waals surface area (Å²) in [5, 5.41) is 14.1. The van der Waals surface area contributed by atoms with E-state index in [0.29, 0.717) is 25.6 Å². The monoisotopic (exact) mass is 196 g/mol. The van der Waals surface area contributed by atoms with Gasteiger partial charge in [-0.25, -0.2) is 0 Å². The van der Waals surface area contributed by atoms with Crippen molar-refractivity contribution in [2.45, 2.75) is 12.5 Å². The van der Waals surface area contributed by atoms with E-state index >= 15 is 0 Å². The fourth-order valence-corrected chi connectivity index (χ4v) is 1.25. The molecule has 78 valence electrons. The molecule has 0 atom stereocenters. The van der Waals surface area contributed by atoms with Crippen molar-refractivity contribution in [1.29, 1.82) is 5.26 Å². The van der Waals surface area contributed by atoms with Crippen LogP contribution in [0.25, 0.3) is 0 Å². The molecule has 0 aliphatic carbocycles. The number of amides is 1. The number of likely N-dealkylation sites (N-methyl/N-ethyl adjacent to an activating group) is 1. The molecule has 0 aromatic rings. The molecule has 14 heavy (non-hydrogen) atoms. The molecule has 0 unspecified atom stereocenters. The van der Waals surface area contributed by atoms with Crippen LogP contribution in [0.5, 0.6) is 0 Å². The Labute approximate surface area is 84.1 Å². The number of rotatable bonds is 5. The minimum Gasteiger partial charge on any atom is -0.354 e. The summed E-state index contributed by atoms with van der Waals surface area (Å²) in [5.41, 5.74) is 0. The Morgan fingerprint density at radius 2 is 2.43 bits per heavy atom. The van der Waals surface area contributed by atoms with Crippen molar-refractivity contribution >= 4 is 5.91 Å². The van der Waals surface area contributed by atoms with Gasteiger partial charge in [0.15, 0.2) is 0 Å². The lowest BCUT2D eigenvalue weighted by atomic mass is 10.1. The number of hydrogen-bond acceptors (Lipinski definition) is 4. The SMILES string of the molecule is CN(CC(=O)NCCC#N)C1CNC1. The molecular weight excluding hydrogens is 180 g/mol. The van der Waals surface area contributed by atoms with E-state index in [1.54, 1.807) is 0 Å². The summed E-state index contributed by atoms with van der Waals surface area (Å²) >= 11 is 0. The van der Waals surface area contributed by atoms with E-state index in [9.17, 15) is 4.79 Å². The molecule has 1 heterocycles. The Morgan fingerprint density at radius 1 is 1.71 bits per heavy atom. The Hall–Kier alpha value is -1.12. The van der Waals surface area contributed by atoms with Crippen LogP contribution in [0.4, 0.5) is 0 Å². The lowest BCUT2D eigenvalue weighted by molar-refractivity contribution is -0.122. The summed E-state index contributed by atoms with van der Waals surface area (Å²) in [6.45, 7) is 2.79. The van der Waals surface area contributed by atoms with Gasteiger partial charge in [-0.05, 0) is 7.05 Å². The molecule has 1 aliphatic rings. The van der Waals surface area contributed by atoms with Crippen LogP contribution in [-0.4, -0.2) is 50.1 Å². The number of hydrogen-bond donors (Lipinski definition) is 2. The maximum absolute atomic E-state index is 11.3. The molecule has 0 saturated carbocycles. The van der Waals surface area contributed by atoms with Crippen molar-refractivity contribution in [2.75, 3.05) is 33.2 Å². The second kappa shape index (κ2) is 5.58. The van der Waals surface area contributed by atoms with Crippen molar-refractivity contribution in [3.63, 3.8) is 0 Å². The van der Waals surface area contributed by atoms with Crippen molar-refractivity contribution < 1.29 is 4.79 Å². The number of carbonyl (C=O) groups excluding carboxylic acids is 1. The van der Waals surface area contributed by atoms with E-state index in [1.807, 2.05) is 18.0 Å². The predicted molar refractivity (Wildman–Crippen MR) is 52.5 cm³/mol. The van der Waals surface area contributed by atoms with E-state index < -0.39 is 0 Å². The first kappa shape index (κ1) is 11.0. The van der Waals surface area contributed by atoms with E-state index in [0.717, 1.165) is 13.1 Å². The Kier molecular flexibility index (Phi) is 4.36. The normalized spacial score (nSPS) is 16.1. The van der Waals surface area contributed by atoms with Gasteiger partial charge in [0, 0.05) is 25.7 Å². The van der Waals surface area contributed by atoms with Gasteiger partial charge in [0.2, 0.25) is 5.91 Å². The first-order valence-electron chi connectivity index (χ1n) is 4.78. The van der Waals surface area contributed by atoms with Crippen molar-refractivity contribution in [3.05, 3.63) is 0 Å². The van der Waals surface area contributed by atoms with Crippen LogP contribution < -0.4 is 10.6 Å². The van der Waals surface area contributed by atoms with Gasteiger partial charge >= 0.3 is 0 Å². The van der Waals surface area contributed by atoms with Gasteiger partial charge in [-0.3, -0.25) is 9.69 Å². The summed E-state index contributed by atoms with van der Waals surface area (Å²) in [4.78, 5) is 13.3. The van der Waals surface area contributed by atoms with Crippen molar-refractivity contribution in [3.8, 4) is 6.07 Å². The summed E-state index contributed by atoms with van der Waals surface area (Å²) in [5.74, 6) is -0.00495. The van der Waals surface area contributed by atoms with E-state index in [1.165, 1.54) is 0 Å². The third-order valence-corrected chi connectivity index (χ3v) is 2.34. The van der Waals surface area contributed by atoms with Gasteiger partial charge in [0.25, 0.3) is 0 Å². The zero-order valence-electron chi connectivity index (χ0n) is 8.42. The molecule has 1 aliphatic heterocycles. The van der Waals surface area contributed by atoms with Gasteiger partial charge in [0.1, 0.15) is 0 Å². The number of nitrogens with one attached hydrogen (secondary N) is 2. The largest absolute Gasteiger partial charge is 0.354 e. The number of carbonyl (C=O) groups is 1. The maximum Gasteiger partial charge on any atom is 0.234 e. The molecule has 1 fully saturated rings. The van der Waals surface area contributed by atoms with Crippen LogP contribution in [0, 0.1) is 11.3 Å². The van der Waals surface area contributed by atoms with E-state index in [2.05, 4.69) is 10.6 Å². The van der Waals surface area contributed by atoms with E-state index in [-0.39, 0.29) is 5.91 Å². The molecule has 0 aromatic carbocycles. The summed E-state index contributed by atoms with van der Waals surface area (Å²) in [7, 11) is 1.94. The van der Waals surface area contributed by atoms with Gasteiger partial charge in [-0.1, -0.05) is 0 Å². The third kappa shape index (κ3) is 3.32. The lowest BCUT2D eigenvalue weighted by Gasteiger charge is -2.35. The number of nitrogens with zero attached hydrogens (tertiary/aromatic N) is 2. The number of nitriles is 1. The van der Waals surface area contributed by atoms with Gasteiger partial charge in [-0.15, -0.1) is 0 Å². The highest BCUT2D eigenvalue weighted by Crippen LogP contribution is 2.00. The highest BCUT2D eigenvalue weighted by atomic mass is 16.2. The highest BCUT2D eigenvalue weighted by molar-refractivity contribution is 5.78. The fourth-order valence-electron chi connectivity index (χ4n) is 1.25. The molecule has 1 saturated heterocycles. The predicted octanol–water partition coefficient (Wildman–Crippen LogP) is -1.08. The molecule has 2 N–H and O–H groups in total. The van der Waals surface area contributed by atoms with E-state index in [4.69, 9.17) is 5.26 Å². The zero-order chi connectivity index (χ0) is 10.4. The van der Waals surface area contributed by atoms with Crippen molar-refractivity contribution in [1.82, 2.24) is 15.5 Å². The van der Waals surface area contributed by atoms with Crippen LogP contribution in [0.2, 0.25) is 0 Å². The van der Waals surface area contributed by atoms with Gasteiger partial charge in [0.05, 0.1) is 19.0 Å². The molecule has 1 amide bonds. The summed E-state index contributed by atoms with van der Waals surface area (Å²) in [6.07, 6.45) is 0.375. The van der Waals surface area contributed by atoms with Crippen LogP contribution >= 0.6 is 0 Å². The standard InChI is InChI=1S/C9H16N4O/c1-13(8-5-11-6-8)7-9(14)12-4-2-3-10/h8,11H,2,4-7H2,1H3,(H,12,14). The summed E-state index contributed by atoms with van der Waals surface area (Å²) < 4.78 is 0. The molecule has 1 rings (SSSR count). The molecule has 0 bridgehead atoms. The molecular formula is C9H16N4O. The zero-order valence-corrected chi connectivity index (χ0v) is 8.42. The third-order valence-electron chi connectivity index (χ3n) is 2.34. The highest BCUT2D eigenvalue weighted by Gasteiger charge is 2.22. The van der Waals surface area contributed by atoms with Crippen LogP contribution in [0.15, 0.2) is 0 Å². The lowest BCUT2D eigenvalue weighted by Crippen LogP contribution is -2.57.